The lowest BCUT2D eigenvalue weighted by Gasteiger charge is -2.37. The second-order valence-corrected chi connectivity index (χ2v) is 7.20. The fourth-order valence-corrected chi connectivity index (χ4v) is 3.58. The molecule has 2 heterocycles. The van der Waals surface area contributed by atoms with E-state index in [1.54, 1.807) is 18.1 Å². The third-order valence-corrected chi connectivity index (χ3v) is 5.17. The first-order chi connectivity index (χ1) is 14.0. The first-order valence-corrected chi connectivity index (χ1v) is 9.73. The molecule has 3 rings (SSSR count). The molecule has 1 aliphatic rings. The molecule has 1 N–H and O–H groups in total. The molecule has 1 aliphatic heterocycles. The highest BCUT2D eigenvalue weighted by Gasteiger charge is 2.25. The molecule has 1 aromatic heterocycles. The second-order valence-electron chi connectivity index (χ2n) is 7.20. The number of nitrogens with one attached hydrogen (secondary N) is 1. The molecule has 1 fully saturated rings. The Morgan fingerprint density at radius 3 is 2.30 bits per heavy atom. The maximum atomic E-state index is 14.3. The molecular formula is C21H29F2IN6. The third kappa shape index (κ3) is 5.78. The van der Waals surface area contributed by atoms with Crippen LogP contribution in [0.4, 0.5) is 14.6 Å². The van der Waals surface area contributed by atoms with Gasteiger partial charge in [-0.3, -0.25) is 4.99 Å². The number of hydrogen-bond acceptors (Lipinski definition) is 4. The molecular weight excluding hydrogens is 501 g/mol. The van der Waals surface area contributed by atoms with Gasteiger partial charge in [-0.2, -0.15) is 0 Å². The van der Waals surface area contributed by atoms with E-state index in [2.05, 4.69) is 25.1 Å². The molecule has 1 atom stereocenters. The van der Waals surface area contributed by atoms with Gasteiger partial charge in [0, 0.05) is 51.5 Å². The summed E-state index contributed by atoms with van der Waals surface area (Å²) in [5, 5.41) is 3.29. The van der Waals surface area contributed by atoms with Crippen LogP contribution >= 0.6 is 24.0 Å². The quantitative estimate of drug-likeness (QED) is 0.366. The summed E-state index contributed by atoms with van der Waals surface area (Å²) < 4.78 is 28.6. The molecule has 0 amide bonds. The van der Waals surface area contributed by atoms with Crippen LogP contribution in [-0.2, 0) is 0 Å². The van der Waals surface area contributed by atoms with E-state index >= 15 is 0 Å². The van der Waals surface area contributed by atoms with Gasteiger partial charge in [-0.15, -0.1) is 24.0 Å². The Kier molecular flexibility index (Phi) is 9.22. The summed E-state index contributed by atoms with van der Waals surface area (Å²) in [6.45, 7) is 3.58. The van der Waals surface area contributed by atoms with Crippen LogP contribution in [0.5, 0.6) is 0 Å². The number of aromatic nitrogens is 1. The molecule has 0 saturated carbocycles. The maximum Gasteiger partial charge on any atom is 0.193 e. The number of pyridine rings is 1. The van der Waals surface area contributed by atoms with E-state index in [1.807, 2.05) is 32.3 Å². The lowest BCUT2D eigenvalue weighted by molar-refractivity contribution is 0.278. The Hall–Kier alpha value is -2.01. The molecule has 164 valence electrons. The van der Waals surface area contributed by atoms with Crippen LogP contribution < -0.4 is 10.2 Å². The van der Waals surface area contributed by atoms with Crippen molar-refractivity contribution in [3.63, 3.8) is 0 Å². The van der Waals surface area contributed by atoms with E-state index < -0.39 is 17.7 Å². The molecule has 1 unspecified atom stereocenters. The van der Waals surface area contributed by atoms with Crippen LogP contribution in [0.1, 0.15) is 11.6 Å². The fourth-order valence-electron chi connectivity index (χ4n) is 3.58. The van der Waals surface area contributed by atoms with Gasteiger partial charge in [0.25, 0.3) is 0 Å². The standard InChI is InChI=1S/C21H28F2N6.HI/c1-24-21(29-13-11-28(12-14-29)19-9-4-5-10-25-19)26-15-18(27(2)3)20-16(22)7-6-8-17(20)23;/h4-10,18H,11-15H2,1-3H3,(H,24,26);1H. The summed E-state index contributed by atoms with van der Waals surface area (Å²) >= 11 is 0. The van der Waals surface area contributed by atoms with Gasteiger partial charge >= 0.3 is 0 Å². The topological polar surface area (TPSA) is 47.0 Å². The molecule has 0 spiro atoms. The zero-order valence-electron chi connectivity index (χ0n) is 17.6. The number of anilines is 1. The molecule has 0 radical (unpaired) electrons. The van der Waals surface area contributed by atoms with Crippen molar-refractivity contribution < 1.29 is 8.78 Å². The number of aliphatic imine (C=N–C) groups is 1. The van der Waals surface area contributed by atoms with Gasteiger partial charge in [-0.1, -0.05) is 12.1 Å². The minimum atomic E-state index is -0.538. The molecule has 9 heteroatoms. The summed E-state index contributed by atoms with van der Waals surface area (Å²) in [5.74, 6) is 0.626. The molecule has 6 nitrogen and oxygen atoms in total. The summed E-state index contributed by atoms with van der Waals surface area (Å²) in [7, 11) is 5.35. The minimum Gasteiger partial charge on any atom is -0.354 e. The van der Waals surface area contributed by atoms with Gasteiger partial charge in [0.05, 0.1) is 6.04 Å². The van der Waals surface area contributed by atoms with E-state index in [0.717, 1.165) is 38.0 Å². The molecule has 1 aromatic carbocycles. The predicted octanol–water partition coefficient (Wildman–Crippen LogP) is 2.98. The van der Waals surface area contributed by atoms with E-state index in [1.165, 1.54) is 18.2 Å². The second kappa shape index (κ2) is 11.4. The fraction of sp³-hybridized carbons (Fsp3) is 0.429. The predicted molar refractivity (Wildman–Crippen MR) is 128 cm³/mol. The number of benzene rings is 1. The van der Waals surface area contributed by atoms with Crippen molar-refractivity contribution in [1.29, 1.82) is 0 Å². The lowest BCUT2D eigenvalue weighted by Crippen LogP contribution is -2.53. The Labute approximate surface area is 194 Å². The zero-order chi connectivity index (χ0) is 20.8. The smallest absolute Gasteiger partial charge is 0.193 e. The van der Waals surface area contributed by atoms with Gasteiger partial charge in [0.15, 0.2) is 5.96 Å². The van der Waals surface area contributed by atoms with Crippen molar-refractivity contribution in [3.8, 4) is 0 Å². The van der Waals surface area contributed by atoms with Gasteiger partial charge in [-0.05, 0) is 38.4 Å². The van der Waals surface area contributed by atoms with Crippen LogP contribution in [-0.4, -0.2) is 74.6 Å². The summed E-state index contributed by atoms with van der Waals surface area (Å²) in [6.07, 6.45) is 1.80. The number of halogens is 3. The summed E-state index contributed by atoms with van der Waals surface area (Å²) in [6, 6.07) is 9.41. The maximum absolute atomic E-state index is 14.3. The van der Waals surface area contributed by atoms with E-state index in [0.29, 0.717) is 6.54 Å². The summed E-state index contributed by atoms with van der Waals surface area (Å²) in [5.41, 5.74) is 0.0698. The molecule has 30 heavy (non-hydrogen) atoms. The van der Waals surface area contributed by atoms with Crippen molar-refractivity contribution in [1.82, 2.24) is 20.1 Å². The largest absolute Gasteiger partial charge is 0.354 e. The number of piperazine rings is 1. The first-order valence-electron chi connectivity index (χ1n) is 9.73. The van der Waals surface area contributed by atoms with Gasteiger partial charge in [0.2, 0.25) is 0 Å². The zero-order valence-corrected chi connectivity index (χ0v) is 19.9. The number of hydrogen-bond donors (Lipinski definition) is 1. The van der Waals surface area contributed by atoms with Gasteiger partial charge in [-0.25, -0.2) is 13.8 Å². The normalized spacial score (nSPS) is 15.7. The highest BCUT2D eigenvalue weighted by atomic mass is 127. The Morgan fingerprint density at radius 2 is 1.77 bits per heavy atom. The van der Waals surface area contributed by atoms with Crippen molar-refractivity contribution in [2.45, 2.75) is 6.04 Å². The highest BCUT2D eigenvalue weighted by molar-refractivity contribution is 14.0. The SMILES string of the molecule is CN=C(NCC(c1c(F)cccc1F)N(C)C)N1CCN(c2ccccn2)CC1.I. The molecule has 1 saturated heterocycles. The molecule has 0 bridgehead atoms. The Bertz CT molecular complexity index is 805. The average molecular weight is 530 g/mol. The monoisotopic (exact) mass is 530 g/mol. The van der Waals surface area contributed by atoms with Crippen molar-refractivity contribution in [2.24, 2.45) is 4.99 Å². The van der Waals surface area contributed by atoms with Gasteiger partial charge in [0.1, 0.15) is 17.5 Å². The van der Waals surface area contributed by atoms with Crippen LogP contribution in [0.2, 0.25) is 0 Å². The van der Waals surface area contributed by atoms with Crippen molar-refractivity contribution in [3.05, 3.63) is 59.8 Å². The summed E-state index contributed by atoms with van der Waals surface area (Å²) in [4.78, 5) is 15.0. The highest BCUT2D eigenvalue weighted by Crippen LogP contribution is 2.24. The van der Waals surface area contributed by atoms with E-state index in [-0.39, 0.29) is 29.5 Å². The van der Waals surface area contributed by atoms with Crippen LogP contribution in [0.15, 0.2) is 47.6 Å². The lowest BCUT2D eigenvalue weighted by atomic mass is 10.0. The molecule has 2 aromatic rings. The number of guanidine groups is 1. The number of nitrogens with zero attached hydrogens (tertiary/aromatic N) is 5. The van der Waals surface area contributed by atoms with Crippen LogP contribution in [0.25, 0.3) is 0 Å². The Morgan fingerprint density at radius 1 is 1.10 bits per heavy atom. The Balaban J connectivity index is 0.00000320. The average Bonchev–Trinajstić information content (AvgIpc) is 2.73. The number of likely N-dealkylation sites (N-methyl/N-ethyl adjacent to an activating group) is 1. The third-order valence-electron chi connectivity index (χ3n) is 5.17. The van der Waals surface area contributed by atoms with Crippen LogP contribution in [0, 0.1) is 11.6 Å². The van der Waals surface area contributed by atoms with Crippen LogP contribution in [0.3, 0.4) is 0 Å². The van der Waals surface area contributed by atoms with Gasteiger partial charge < -0.3 is 20.0 Å². The van der Waals surface area contributed by atoms with E-state index in [4.69, 9.17) is 0 Å². The van der Waals surface area contributed by atoms with E-state index in [9.17, 15) is 8.78 Å². The first kappa shape index (κ1) is 24.3. The van der Waals surface area contributed by atoms with Crippen molar-refractivity contribution in [2.75, 3.05) is 58.8 Å². The van der Waals surface area contributed by atoms with Crippen molar-refractivity contribution >= 4 is 35.8 Å². The molecule has 0 aliphatic carbocycles. The number of rotatable bonds is 5. The minimum absolute atomic E-state index is 0.